The Kier molecular flexibility index (Phi) is 5.52. The number of benzene rings is 1. The molecule has 1 aliphatic heterocycles. The Balaban J connectivity index is 2.17. The molecule has 2 N–H and O–H groups in total. The van der Waals surface area contributed by atoms with Gasteiger partial charge >= 0.3 is 0 Å². The first-order valence-corrected chi connectivity index (χ1v) is 7.52. The van der Waals surface area contributed by atoms with Crippen molar-refractivity contribution in [1.82, 2.24) is 4.90 Å². The van der Waals surface area contributed by atoms with Crippen LogP contribution in [0.15, 0.2) is 18.2 Å². The first-order chi connectivity index (χ1) is 10.1. The molecule has 0 bridgehead atoms. The van der Waals surface area contributed by atoms with Gasteiger partial charge in [-0.1, -0.05) is 19.1 Å². The molecule has 0 amide bonds. The average molecular weight is 293 g/mol. The fourth-order valence-corrected chi connectivity index (χ4v) is 2.64. The molecule has 0 aromatic heterocycles. The second kappa shape index (κ2) is 7.38. The summed E-state index contributed by atoms with van der Waals surface area (Å²) in [6.07, 6.45) is 2.25. The Bertz CT molecular complexity index is 485. The van der Waals surface area contributed by atoms with Crippen LogP contribution in [0.4, 0.5) is 11.4 Å². The van der Waals surface area contributed by atoms with Crippen LogP contribution in [0.1, 0.15) is 31.7 Å². The number of nitro benzene ring substituents is 1. The second-order valence-electron chi connectivity index (χ2n) is 5.50. The van der Waals surface area contributed by atoms with Gasteiger partial charge in [0, 0.05) is 32.2 Å². The van der Waals surface area contributed by atoms with Gasteiger partial charge in [-0.25, -0.2) is 0 Å². The van der Waals surface area contributed by atoms with E-state index in [1.165, 1.54) is 0 Å². The molecule has 116 valence electrons. The molecule has 6 heteroatoms. The van der Waals surface area contributed by atoms with E-state index in [9.17, 15) is 15.2 Å². The molecule has 1 aliphatic rings. The average Bonchev–Trinajstić information content (AvgIpc) is 2.48. The number of nitrogens with one attached hydrogen (secondary N) is 1. The molecule has 1 saturated heterocycles. The molecule has 1 heterocycles. The van der Waals surface area contributed by atoms with Crippen LogP contribution in [0.2, 0.25) is 0 Å². The summed E-state index contributed by atoms with van der Waals surface area (Å²) in [5.41, 5.74) is 1.72. The number of hydrogen-bond donors (Lipinski definition) is 2. The highest BCUT2D eigenvalue weighted by Gasteiger charge is 2.21. The summed E-state index contributed by atoms with van der Waals surface area (Å²) >= 11 is 0. The van der Waals surface area contributed by atoms with E-state index in [1.54, 1.807) is 12.1 Å². The number of rotatable bonds is 6. The van der Waals surface area contributed by atoms with Crippen LogP contribution in [0.25, 0.3) is 0 Å². The van der Waals surface area contributed by atoms with Crippen LogP contribution in [0.3, 0.4) is 0 Å². The Morgan fingerprint density at radius 2 is 2.14 bits per heavy atom. The third-order valence-electron chi connectivity index (χ3n) is 3.83. The van der Waals surface area contributed by atoms with Gasteiger partial charge < -0.3 is 10.4 Å². The van der Waals surface area contributed by atoms with Crippen LogP contribution in [0, 0.1) is 10.1 Å². The zero-order valence-corrected chi connectivity index (χ0v) is 12.4. The summed E-state index contributed by atoms with van der Waals surface area (Å²) in [5.74, 6) is 0. The number of aliphatic hydroxyl groups is 1. The van der Waals surface area contributed by atoms with Crippen molar-refractivity contribution in [2.45, 2.75) is 38.8 Å². The summed E-state index contributed by atoms with van der Waals surface area (Å²) in [7, 11) is 0. The van der Waals surface area contributed by atoms with Crippen molar-refractivity contribution in [1.29, 1.82) is 0 Å². The largest absolute Gasteiger partial charge is 0.393 e. The lowest BCUT2D eigenvalue weighted by atomic mass is 10.1. The quantitative estimate of drug-likeness (QED) is 0.622. The van der Waals surface area contributed by atoms with E-state index in [2.05, 4.69) is 10.2 Å². The monoisotopic (exact) mass is 293 g/mol. The minimum atomic E-state index is -0.332. The normalized spacial score (nSPS) is 16.9. The van der Waals surface area contributed by atoms with Crippen LogP contribution in [0.5, 0.6) is 0 Å². The number of nitrogens with zero attached hydrogens (tertiary/aromatic N) is 2. The van der Waals surface area contributed by atoms with Crippen LogP contribution >= 0.6 is 0 Å². The molecular weight excluding hydrogens is 270 g/mol. The molecule has 0 atom stereocenters. The highest BCUT2D eigenvalue weighted by Crippen LogP contribution is 2.29. The number of hydrogen-bond acceptors (Lipinski definition) is 5. The van der Waals surface area contributed by atoms with Gasteiger partial charge in [0.25, 0.3) is 5.69 Å². The predicted molar refractivity (Wildman–Crippen MR) is 82.4 cm³/mol. The van der Waals surface area contributed by atoms with Crippen molar-refractivity contribution >= 4 is 11.4 Å². The molecule has 1 aromatic rings. The van der Waals surface area contributed by atoms with Gasteiger partial charge in [0.05, 0.1) is 11.0 Å². The van der Waals surface area contributed by atoms with Crippen LogP contribution in [-0.4, -0.2) is 40.7 Å². The first-order valence-electron chi connectivity index (χ1n) is 7.52. The zero-order valence-electron chi connectivity index (χ0n) is 12.4. The molecule has 6 nitrogen and oxygen atoms in total. The molecule has 0 radical (unpaired) electrons. The second-order valence-corrected chi connectivity index (χ2v) is 5.50. The van der Waals surface area contributed by atoms with E-state index in [0.29, 0.717) is 12.2 Å². The Morgan fingerprint density at radius 3 is 2.76 bits per heavy atom. The lowest BCUT2D eigenvalue weighted by Crippen LogP contribution is -2.35. The Morgan fingerprint density at radius 1 is 1.43 bits per heavy atom. The molecule has 0 spiro atoms. The summed E-state index contributed by atoms with van der Waals surface area (Å²) in [4.78, 5) is 13.1. The van der Waals surface area contributed by atoms with Gasteiger partial charge in [-0.2, -0.15) is 0 Å². The minimum Gasteiger partial charge on any atom is -0.393 e. The lowest BCUT2D eigenvalue weighted by Gasteiger charge is -2.30. The van der Waals surface area contributed by atoms with E-state index in [-0.39, 0.29) is 16.7 Å². The number of nitro groups is 1. The number of piperidine rings is 1. The van der Waals surface area contributed by atoms with Gasteiger partial charge in [0.2, 0.25) is 0 Å². The van der Waals surface area contributed by atoms with Crippen molar-refractivity contribution in [2.24, 2.45) is 0 Å². The number of likely N-dealkylation sites (tertiary alicyclic amines) is 1. The van der Waals surface area contributed by atoms with Gasteiger partial charge in [0.1, 0.15) is 5.69 Å². The zero-order chi connectivity index (χ0) is 15.2. The molecule has 0 unspecified atom stereocenters. The maximum Gasteiger partial charge on any atom is 0.292 e. The van der Waals surface area contributed by atoms with E-state index >= 15 is 0 Å². The Labute approximate surface area is 124 Å². The molecular formula is C15H23N3O3. The first kappa shape index (κ1) is 15.7. The Hall–Kier alpha value is -1.66. The number of anilines is 1. The fourth-order valence-electron chi connectivity index (χ4n) is 2.64. The molecule has 0 saturated carbocycles. The summed E-state index contributed by atoms with van der Waals surface area (Å²) in [6.45, 7) is 5.10. The minimum absolute atomic E-state index is 0.137. The van der Waals surface area contributed by atoms with Gasteiger partial charge in [-0.05, 0) is 24.8 Å². The van der Waals surface area contributed by atoms with Gasteiger partial charge in [0.15, 0.2) is 0 Å². The van der Waals surface area contributed by atoms with Gasteiger partial charge in [-0.15, -0.1) is 0 Å². The molecule has 0 aliphatic carbocycles. The van der Waals surface area contributed by atoms with Gasteiger partial charge in [-0.3, -0.25) is 15.0 Å². The van der Waals surface area contributed by atoms with E-state index < -0.39 is 0 Å². The highest BCUT2D eigenvalue weighted by molar-refractivity contribution is 5.66. The van der Waals surface area contributed by atoms with Crippen LogP contribution in [-0.2, 0) is 6.54 Å². The maximum atomic E-state index is 11.2. The molecule has 1 aromatic carbocycles. The van der Waals surface area contributed by atoms with Crippen molar-refractivity contribution < 1.29 is 10.0 Å². The SMILES string of the molecule is CCCNc1c(CN2CCC(O)CC2)cccc1[N+](=O)[O-]. The summed E-state index contributed by atoms with van der Waals surface area (Å²) in [5, 5.41) is 23.9. The van der Waals surface area contributed by atoms with Crippen molar-refractivity contribution in [3.63, 3.8) is 0 Å². The summed E-state index contributed by atoms with van der Waals surface area (Å²) < 4.78 is 0. The standard InChI is InChI=1S/C15H23N3O3/c1-2-8-16-15-12(4-3-5-14(15)18(20)21)11-17-9-6-13(19)7-10-17/h3-5,13,16,19H,2,6-11H2,1H3. The molecule has 21 heavy (non-hydrogen) atoms. The van der Waals surface area contributed by atoms with Crippen molar-refractivity contribution in [3.05, 3.63) is 33.9 Å². The van der Waals surface area contributed by atoms with E-state index in [4.69, 9.17) is 0 Å². The number of para-hydroxylation sites is 1. The lowest BCUT2D eigenvalue weighted by molar-refractivity contribution is -0.384. The highest BCUT2D eigenvalue weighted by atomic mass is 16.6. The molecule has 1 fully saturated rings. The third kappa shape index (κ3) is 4.15. The topological polar surface area (TPSA) is 78.6 Å². The van der Waals surface area contributed by atoms with E-state index in [1.807, 2.05) is 13.0 Å². The van der Waals surface area contributed by atoms with Crippen LogP contribution < -0.4 is 5.32 Å². The van der Waals surface area contributed by atoms with E-state index in [0.717, 1.165) is 44.5 Å². The van der Waals surface area contributed by atoms with Crippen molar-refractivity contribution in [3.8, 4) is 0 Å². The predicted octanol–water partition coefficient (Wildman–Crippen LogP) is 2.37. The summed E-state index contributed by atoms with van der Waals surface area (Å²) in [6, 6.07) is 5.22. The van der Waals surface area contributed by atoms with Crippen molar-refractivity contribution in [2.75, 3.05) is 25.0 Å². The fraction of sp³-hybridized carbons (Fsp3) is 0.600. The number of aliphatic hydroxyl groups excluding tert-OH is 1. The third-order valence-corrected chi connectivity index (χ3v) is 3.83. The molecule has 2 rings (SSSR count). The maximum absolute atomic E-state index is 11.2. The smallest absolute Gasteiger partial charge is 0.292 e.